The fourth-order valence-corrected chi connectivity index (χ4v) is 1.70. The first-order valence-electron chi connectivity index (χ1n) is 5.02. The highest BCUT2D eigenvalue weighted by Gasteiger charge is 2.22. The molecule has 17 heavy (non-hydrogen) atoms. The molecular formula is C11H12ClNO4. The second-order valence-corrected chi connectivity index (χ2v) is 3.67. The summed E-state index contributed by atoms with van der Waals surface area (Å²) < 4.78 is 4.77. The molecule has 0 aliphatic carbocycles. The van der Waals surface area contributed by atoms with Crippen LogP contribution in [0.4, 0.5) is 5.69 Å². The Morgan fingerprint density at radius 2 is 2.18 bits per heavy atom. The average molecular weight is 258 g/mol. The molecule has 1 rings (SSSR count). The summed E-state index contributed by atoms with van der Waals surface area (Å²) in [6.07, 6.45) is 0. The predicted molar refractivity (Wildman–Crippen MR) is 63.3 cm³/mol. The summed E-state index contributed by atoms with van der Waals surface area (Å²) in [6.45, 7) is 3.56. The molecule has 0 spiro atoms. The smallest absolute Gasteiger partial charge is 0.345 e. The maximum absolute atomic E-state index is 11.6. The summed E-state index contributed by atoms with van der Waals surface area (Å²) in [5.74, 6) is -0.529. The largest absolute Gasteiger partial charge is 0.462 e. The highest BCUT2D eigenvalue weighted by atomic mass is 35.5. The van der Waals surface area contributed by atoms with Crippen LogP contribution in [-0.2, 0) is 10.6 Å². The number of alkyl halides is 1. The van der Waals surface area contributed by atoms with Gasteiger partial charge in [0.25, 0.3) is 5.69 Å². The second-order valence-electron chi connectivity index (χ2n) is 3.41. The minimum atomic E-state index is -0.691. The van der Waals surface area contributed by atoms with Crippen LogP contribution in [0, 0.1) is 17.0 Å². The Morgan fingerprint density at radius 1 is 1.53 bits per heavy atom. The number of rotatable bonds is 4. The number of ether oxygens (including phenoxy) is 1. The molecule has 0 radical (unpaired) electrons. The lowest BCUT2D eigenvalue weighted by molar-refractivity contribution is -0.385. The Kier molecular flexibility index (Phi) is 4.45. The van der Waals surface area contributed by atoms with Gasteiger partial charge < -0.3 is 4.74 Å². The number of aryl methyl sites for hydroxylation is 1. The number of nitrogens with zero attached hydrogens (tertiary/aromatic N) is 1. The molecule has 0 atom stereocenters. The summed E-state index contributed by atoms with van der Waals surface area (Å²) in [6, 6.07) is 2.75. The maximum Gasteiger partial charge on any atom is 0.345 e. The average Bonchev–Trinajstić information content (AvgIpc) is 2.28. The van der Waals surface area contributed by atoms with Crippen LogP contribution in [0.5, 0.6) is 0 Å². The van der Waals surface area contributed by atoms with E-state index in [4.69, 9.17) is 16.3 Å². The van der Waals surface area contributed by atoms with Gasteiger partial charge in [-0.3, -0.25) is 10.1 Å². The summed E-state index contributed by atoms with van der Waals surface area (Å²) in [7, 11) is 0. The fraction of sp³-hybridized carbons (Fsp3) is 0.364. The third-order valence-corrected chi connectivity index (χ3v) is 2.58. The van der Waals surface area contributed by atoms with E-state index in [-0.39, 0.29) is 23.7 Å². The second kappa shape index (κ2) is 5.63. The van der Waals surface area contributed by atoms with Gasteiger partial charge in [-0.2, -0.15) is 0 Å². The summed E-state index contributed by atoms with van der Waals surface area (Å²) in [5, 5.41) is 10.9. The molecule has 0 aliphatic heterocycles. The molecule has 0 saturated carbocycles. The Balaban J connectivity index is 3.32. The quantitative estimate of drug-likeness (QED) is 0.360. The fourth-order valence-electron chi connectivity index (χ4n) is 1.41. The molecule has 92 valence electrons. The van der Waals surface area contributed by atoms with Crippen LogP contribution in [0.2, 0.25) is 0 Å². The van der Waals surface area contributed by atoms with Crippen LogP contribution in [0.25, 0.3) is 0 Å². The van der Waals surface area contributed by atoms with Crippen molar-refractivity contribution in [1.29, 1.82) is 0 Å². The van der Waals surface area contributed by atoms with Crippen LogP contribution >= 0.6 is 11.6 Å². The normalized spacial score (nSPS) is 10.1. The summed E-state index contributed by atoms with van der Waals surface area (Å²) in [5.41, 5.74) is 1.05. The number of carbonyl (C=O) groups is 1. The minimum absolute atomic E-state index is 0.0387. The first kappa shape index (κ1) is 13.4. The molecule has 0 amide bonds. The van der Waals surface area contributed by atoms with Crippen LogP contribution in [-0.4, -0.2) is 17.5 Å². The van der Waals surface area contributed by atoms with Crippen LogP contribution in [0.15, 0.2) is 12.1 Å². The molecule has 0 unspecified atom stereocenters. The van der Waals surface area contributed by atoms with Gasteiger partial charge in [0.15, 0.2) is 0 Å². The van der Waals surface area contributed by atoms with E-state index in [9.17, 15) is 14.9 Å². The van der Waals surface area contributed by atoms with E-state index >= 15 is 0 Å². The number of carbonyl (C=O) groups excluding carboxylic acids is 1. The Labute approximate surface area is 103 Å². The van der Waals surface area contributed by atoms with Crippen molar-refractivity contribution in [3.05, 3.63) is 38.9 Å². The van der Waals surface area contributed by atoms with E-state index < -0.39 is 10.9 Å². The molecule has 0 saturated heterocycles. The van der Waals surface area contributed by atoms with Crippen molar-refractivity contribution in [2.24, 2.45) is 0 Å². The topological polar surface area (TPSA) is 69.4 Å². The zero-order chi connectivity index (χ0) is 13.0. The molecule has 6 heteroatoms. The zero-order valence-electron chi connectivity index (χ0n) is 9.53. The van der Waals surface area contributed by atoms with E-state index in [1.807, 2.05) is 0 Å². The Bertz CT molecular complexity index is 459. The number of hydrogen-bond acceptors (Lipinski definition) is 4. The van der Waals surface area contributed by atoms with Crippen molar-refractivity contribution >= 4 is 23.3 Å². The van der Waals surface area contributed by atoms with E-state index in [2.05, 4.69) is 0 Å². The molecule has 0 heterocycles. The summed E-state index contributed by atoms with van der Waals surface area (Å²) in [4.78, 5) is 21.8. The number of nitro benzene ring substituents is 1. The zero-order valence-corrected chi connectivity index (χ0v) is 10.3. The lowest BCUT2D eigenvalue weighted by Gasteiger charge is -2.07. The first-order chi connectivity index (χ1) is 8.01. The van der Waals surface area contributed by atoms with Gasteiger partial charge in [-0.05, 0) is 31.0 Å². The number of hydrogen-bond donors (Lipinski definition) is 0. The van der Waals surface area contributed by atoms with Gasteiger partial charge in [0.05, 0.1) is 11.5 Å². The lowest BCUT2D eigenvalue weighted by atomic mass is 10.0. The van der Waals surface area contributed by atoms with Crippen molar-refractivity contribution in [1.82, 2.24) is 0 Å². The van der Waals surface area contributed by atoms with E-state index in [0.717, 1.165) is 5.56 Å². The molecule has 0 aromatic heterocycles. The first-order valence-corrected chi connectivity index (χ1v) is 5.55. The van der Waals surface area contributed by atoms with Gasteiger partial charge in [-0.1, -0.05) is 0 Å². The van der Waals surface area contributed by atoms with Crippen molar-refractivity contribution in [3.8, 4) is 0 Å². The summed E-state index contributed by atoms with van der Waals surface area (Å²) >= 11 is 5.66. The van der Waals surface area contributed by atoms with Gasteiger partial charge in [0.2, 0.25) is 0 Å². The van der Waals surface area contributed by atoms with E-state index in [0.29, 0.717) is 5.56 Å². The standard InChI is InChI=1S/C11H12ClNO4/c1-3-17-11(14)9-4-7(2)8(6-12)5-10(9)13(15)16/h4-5H,3,6H2,1-2H3. The predicted octanol–water partition coefficient (Wildman–Crippen LogP) is 2.82. The lowest BCUT2D eigenvalue weighted by Crippen LogP contribution is -2.09. The van der Waals surface area contributed by atoms with Gasteiger partial charge in [-0.15, -0.1) is 11.6 Å². The van der Waals surface area contributed by atoms with Crippen molar-refractivity contribution in [2.45, 2.75) is 19.7 Å². The molecule has 0 aliphatic rings. The number of nitro groups is 1. The monoisotopic (exact) mass is 257 g/mol. The molecule has 5 nitrogen and oxygen atoms in total. The van der Waals surface area contributed by atoms with Crippen molar-refractivity contribution in [3.63, 3.8) is 0 Å². The number of esters is 1. The molecular weight excluding hydrogens is 246 g/mol. The van der Waals surface area contributed by atoms with Crippen molar-refractivity contribution < 1.29 is 14.5 Å². The molecule has 0 N–H and O–H groups in total. The molecule has 0 fully saturated rings. The Morgan fingerprint density at radius 3 is 2.65 bits per heavy atom. The highest BCUT2D eigenvalue weighted by molar-refractivity contribution is 6.17. The highest BCUT2D eigenvalue weighted by Crippen LogP contribution is 2.25. The van der Waals surface area contributed by atoms with Crippen LogP contribution < -0.4 is 0 Å². The van der Waals surface area contributed by atoms with E-state index in [1.54, 1.807) is 13.8 Å². The molecule has 1 aromatic rings. The van der Waals surface area contributed by atoms with Gasteiger partial charge >= 0.3 is 5.97 Å². The minimum Gasteiger partial charge on any atom is -0.462 e. The molecule has 1 aromatic carbocycles. The van der Waals surface area contributed by atoms with Crippen LogP contribution in [0.1, 0.15) is 28.4 Å². The van der Waals surface area contributed by atoms with Gasteiger partial charge in [0.1, 0.15) is 5.56 Å². The van der Waals surface area contributed by atoms with Crippen molar-refractivity contribution in [2.75, 3.05) is 6.61 Å². The third-order valence-electron chi connectivity index (χ3n) is 2.29. The number of benzene rings is 1. The SMILES string of the molecule is CCOC(=O)c1cc(C)c(CCl)cc1[N+](=O)[O-]. The maximum atomic E-state index is 11.6. The van der Waals surface area contributed by atoms with Gasteiger partial charge in [0, 0.05) is 11.9 Å². The van der Waals surface area contributed by atoms with Crippen LogP contribution in [0.3, 0.4) is 0 Å². The third kappa shape index (κ3) is 2.94. The Hall–Kier alpha value is -1.62. The van der Waals surface area contributed by atoms with Gasteiger partial charge in [-0.25, -0.2) is 4.79 Å². The van der Waals surface area contributed by atoms with E-state index in [1.165, 1.54) is 12.1 Å². The molecule has 0 bridgehead atoms. The number of halogens is 1.